The van der Waals surface area contributed by atoms with E-state index in [1.54, 1.807) is 19.0 Å². The van der Waals surface area contributed by atoms with Gasteiger partial charge in [0.05, 0.1) is 6.10 Å². The van der Waals surface area contributed by atoms with Crippen LogP contribution in [0, 0.1) is 11.8 Å². The number of ether oxygens (including phenoxy) is 1. The van der Waals surface area contributed by atoms with Gasteiger partial charge in [-0.05, 0) is 43.9 Å². The maximum atomic E-state index is 11.9. The van der Waals surface area contributed by atoms with Gasteiger partial charge >= 0.3 is 0 Å². The number of hydrogen-bond acceptors (Lipinski definition) is 3. The Hall–Kier alpha value is -1.30. The second-order valence-corrected chi connectivity index (χ2v) is 8.03. The van der Waals surface area contributed by atoms with Gasteiger partial charge in [-0.1, -0.05) is 13.8 Å². The number of guanidine groups is 1. The molecule has 1 N–H and O–H groups in total. The SMILES string of the molecule is CC(C)CC1CCN(C(=NCC(=O)N(C)C)NCC2CCCCO2)C1. The first-order valence-corrected chi connectivity index (χ1v) is 9.80. The molecule has 2 atom stereocenters. The van der Waals surface area contributed by atoms with Gasteiger partial charge in [0.1, 0.15) is 6.54 Å². The Morgan fingerprint density at radius 2 is 2.12 bits per heavy atom. The fraction of sp³-hybridized carbons (Fsp3) is 0.895. The molecule has 0 radical (unpaired) electrons. The first-order valence-electron chi connectivity index (χ1n) is 9.80. The summed E-state index contributed by atoms with van der Waals surface area (Å²) in [5.74, 6) is 2.36. The van der Waals surface area contributed by atoms with E-state index in [-0.39, 0.29) is 18.6 Å². The summed E-state index contributed by atoms with van der Waals surface area (Å²) >= 11 is 0. The van der Waals surface area contributed by atoms with Gasteiger partial charge in [-0.3, -0.25) is 4.79 Å². The molecule has 2 saturated heterocycles. The van der Waals surface area contributed by atoms with E-state index in [0.29, 0.717) is 0 Å². The van der Waals surface area contributed by atoms with Crippen LogP contribution in [0.5, 0.6) is 0 Å². The second-order valence-electron chi connectivity index (χ2n) is 8.03. The average molecular weight is 353 g/mol. The number of nitrogens with one attached hydrogen (secondary N) is 1. The van der Waals surface area contributed by atoms with Crippen LogP contribution in [0.2, 0.25) is 0 Å². The van der Waals surface area contributed by atoms with Gasteiger partial charge in [-0.15, -0.1) is 0 Å². The van der Waals surface area contributed by atoms with Crippen molar-refractivity contribution < 1.29 is 9.53 Å². The van der Waals surface area contributed by atoms with Crippen LogP contribution in [-0.2, 0) is 9.53 Å². The predicted molar refractivity (Wildman–Crippen MR) is 102 cm³/mol. The van der Waals surface area contributed by atoms with E-state index in [1.807, 2.05) is 0 Å². The molecule has 2 aliphatic rings. The fourth-order valence-electron chi connectivity index (χ4n) is 3.61. The zero-order valence-corrected chi connectivity index (χ0v) is 16.5. The highest BCUT2D eigenvalue weighted by atomic mass is 16.5. The molecule has 0 aliphatic carbocycles. The number of likely N-dealkylation sites (N-methyl/N-ethyl adjacent to an activating group) is 1. The van der Waals surface area contributed by atoms with Crippen molar-refractivity contribution in [3.63, 3.8) is 0 Å². The van der Waals surface area contributed by atoms with E-state index in [0.717, 1.165) is 56.9 Å². The van der Waals surface area contributed by atoms with Gasteiger partial charge < -0.3 is 19.9 Å². The summed E-state index contributed by atoms with van der Waals surface area (Å²) in [5, 5.41) is 3.48. The Morgan fingerprint density at radius 1 is 1.32 bits per heavy atom. The average Bonchev–Trinajstić information content (AvgIpc) is 3.03. The Bertz CT molecular complexity index is 445. The largest absolute Gasteiger partial charge is 0.376 e. The van der Waals surface area contributed by atoms with Crippen LogP contribution in [-0.4, -0.2) is 74.7 Å². The summed E-state index contributed by atoms with van der Waals surface area (Å²) in [4.78, 5) is 20.4. The summed E-state index contributed by atoms with van der Waals surface area (Å²) in [6.45, 7) is 8.46. The lowest BCUT2D eigenvalue weighted by molar-refractivity contribution is -0.127. The monoisotopic (exact) mass is 352 g/mol. The molecule has 0 bridgehead atoms. The van der Waals surface area contributed by atoms with Gasteiger partial charge in [-0.25, -0.2) is 4.99 Å². The number of nitrogens with zero attached hydrogens (tertiary/aromatic N) is 3. The van der Waals surface area contributed by atoms with Crippen LogP contribution >= 0.6 is 0 Å². The van der Waals surface area contributed by atoms with Gasteiger partial charge in [-0.2, -0.15) is 0 Å². The zero-order valence-electron chi connectivity index (χ0n) is 16.5. The number of hydrogen-bond donors (Lipinski definition) is 1. The molecular formula is C19H36N4O2. The first kappa shape index (κ1) is 20.0. The van der Waals surface area contributed by atoms with Crippen molar-refractivity contribution in [3.8, 4) is 0 Å². The minimum absolute atomic E-state index is 0.0335. The van der Waals surface area contributed by atoms with Crippen LogP contribution in [0.15, 0.2) is 4.99 Å². The predicted octanol–water partition coefficient (Wildman–Crippen LogP) is 1.96. The molecule has 2 heterocycles. The Balaban J connectivity index is 1.93. The van der Waals surface area contributed by atoms with Gasteiger partial charge in [0.15, 0.2) is 5.96 Å². The van der Waals surface area contributed by atoms with Crippen molar-refractivity contribution in [1.82, 2.24) is 15.1 Å². The van der Waals surface area contributed by atoms with Crippen LogP contribution in [0.4, 0.5) is 0 Å². The van der Waals surface area contributed by atoms with E-state index < -0.39 is 0 Å². The molecule has 2 rings (SSSR count). The fourth-order valence-corrected chi connectivity index (χ4v) is 3.61. The van der Waals surface area contributed by atoms with Crippen molar-refractivity contribution in [2.45, 2.75) is 52.1 Å². The second kappa shape index (κ2) is 10.00. The quantitative estimate of drug-likeness (QED) is 0.586. The van der Waals surface area contributed by atoms with E-state index >= 15 is 0 Å². The molecule has 6 heteroatoms. The molecular weight excluding hydrogens is 316 g/mol. The number of likely N-dealkylation sites (tertiary alicyclic amines) is 1. The molecule has 2 aliphatic heterocycles. The maximum absolute atomic E-state index is 11.9. The molecule has 0 spiro atoms. The minimum Gasteiger partial charge on any atom is -0.376 e. The highest BCUT2D eigenvalue weighted by molar-refractivity contribution is 5.85. The summed E-state index contributed by atoms with van der Waals surface area (Å²) in [6.07, 6.45) is 6.23. The zero-order chi connectivity index (χ0) is 18.2. The van der Waals surface area contributed by atoms with Gasteiger partial charge in [0.25, 0.3) is 0 Å². The lowest BCUT2D eigenvalue weighted by Crippen LogP contribution is -2.45. The van der Waals surface area contributed by atoms with Crippen LogP contribution < -0.4 is 5.32 Å². The molecule has 1 amide bonds. The molecule has 2 fully saturated rings. The van der Waals surface area contributed by atoms with Crippen LogP contribution in [0.3, 0.4) is 0 Å². The smallest absolute Gasteiger partial charge is 0.243 e. The van der Waals surface area contributed by atoms with Crippen molar-refractivity contribution >= 4 is 11.9 Å². The molecule has 0 saturated carbocycles. The topological polar surface area (TPSA) is 57.2 Å². The van der Waals surface area contributed by atoms with Crippen LogP contribution in [0.25, 0.3) is 0 Å². The lowest BCUT2D eigenvalue weighted by Gasteiger charge is -2.27. The third-order valence-electron chi connectivity index (χ3n) is 5.01. The van der Waals surface area contributed by atoms with Crippen molar-refractivity contribution in [2.24, 2.45) is 16.8 Å². The van der Waals surface area contributed by atoms with E-state index in [1.165, 1.54) is 19.3 Å². The summed E-state index contributed by atoms with van der Waals surface area (Å²) in [5.41, 5.74) is 0. The molecule has 0 aromatic rings. The number of aliphatic imine (C=N–C) groups is 1. The van der Waals surface area contributed by atoms with Crippen molar-refractivity contribution in [2.75, 3.05) is 46.9 Å². The van der Waals surface area contributed by atoms with E-state index in [2.05, 4.69) is 29.1 Å². The lowest BCUT2D eigenvalue weighted by atomic mass is 9.97. The molecule has 144 valence electrons. The maximum Gasteiger partial charge on any atom is 0.243 e. The van der Waals surface area contributed by atoms with Crippen molar-refractivity contribution in [1.29, 1.82) is 0 Å². The Kier molecular flexibility index (Phi) is 8.00. The number of rotatable bonds is 6. The van der Waals surface area contributed by atoms with Crippen LogP contribution in [0.1, 0.15) is 46.0 Å². The molecule has 0 aromatic heterocycles. The highest BCUT2D eigenvalue weighted by Gasteiger charge is 2.26. The molecule has 6 nitrogen and oxygen atoms in total. The highest BCUT2D eigenvalue weighted by Crippen LogP contribution is 2.23. The van der Waals surface area contributed by atoms with Gasteiger partial charge in [0.2, 0.25) is 5.91 Å². The third kappa shape index (κ3) is 6.84. The van der Waals surface area contributed by atoms with Gasteiger partial charge in [0, 0.05) is 40.3 Å². The molecule has 0 aromatic carbocycles. The number of amides is 1. The summed E-state index contributed by atoms with van der Waals surface area (Å²) < 4.78 is 5.82. The Morgan fingerprint density at radius 3 is 2.76 bits per heavy atom. The number of carbonyl (C=O) groups excluding carboxylic acids is 1. The molecule has 2 unspecified atom stereocenters. The molecule has 25 heavy (non-hydrogen) atoms. The van der Waals surface area contributed by atoms with E-state index in [4.69, 9.17) is 4.74 Å². The third-order valence-corrected chi connectivity index (χ3v) is 5.01. The summed E-state index contributed by atoms with van der Waals surface area (Å²) in [6, 6.07) is 0. The minimum atomic E-state index is 0.0335. The van der Waals surface area contributed by atoms with Crippen molar-refractivity contribution in [3.05, 3.63) is 0 Å². The standard InChI is InChI=1S/C19H36N4O2/c1-15(2)11-16-8-9-23(14-16)19(21-13-18(24)22(3)4)20-12-17-7-5-6-10-25-17/h15-17H,5-14H2,1-4H3,(H,20,21). The van der Waals surface area contributed by atoms with E-state index in [9.17, 15) is 4.79 Å². The normalized spacial score (nSPS) is 24.7. The Labute approximate surface area is 153 Å². The number of carbonyl (C=O) groups is 1. The first-order chi connectivity index (χ1) is 12.0. The summed E-state index contributed by atoms with van der Waals surface area (Å²) in [7, 11) is 3.55.